The maximum Gasteiger partial charge on any atom is 0.226 e. The third-order valence-electron chi connectivity index (χ3n) is 7.86. The van der Waals surface area contributed by atoms with Crippen LogP contribution >= 0.6 is 11.6 Å². The number of amides is 1. The first-order valence-electron chi connectivity index (χ1n) is 11.9. The summed E-state index contributed by atoms with van der Waals surface area (Å²) < 4.78 is 1.88. The quantitative estimate of drug-likeness (QED) is 0.625. The third-order valence-corrected chi connectivity index (χ3v) is 8.09. The summed E-state index contributed by atoms with van der Waals surface area (Å²) in [6.45, 7) is 3.01. The molecule has 2 aliphatic carbocycles. The highest BCUT2D eigenvalue weighted by atomic mass is 35.5. The first kappa shape index (κ1) is 20.9. The van der Waals surface area contributed by atoms with Crippen LogP contribution in [0.25, 0.3) is 0 Å². The second-order valence-electron chi connectivity index (χ2n) is 9.98. The van der Waals surface area contributed by atoms with Gasteiger partial charge in [-0.05, 0) is 53.6 Å². The molecule has 5 nitrogen and oxygen atoms in total. The molecule has 6 rings (SSSR count). The zero-order chi connectivity index (χ0) is 22.6. The van der Waals surface area contributed by atoms with E-state index in [1.807, 2.05) is 23.9 Å². The minimum atomic E-state index is 0.0244. The van der Waals surface area contributed by atoms with Gasteiger partial charge >= 0.3 is 0 Å². The van der Waals surface area contributed by atoms with Crippen LogP contribution in [0.15, 0.2) is 55.0 Å². The number of carbonyl (C=O) groups excluding carboxylic acids is 1. The monoisotopic (exact) mass is 460 g/mol. The molecule has 1 fully saturated rings. The van der Waals surface area contributed by atoms with Crippen molar-refractivity contribution < 1.29 is 4.79 Å². The van der Waals surface area contributed by atoms with Crippen LogP contribution in [0.2, 0.25) is 5.02 Å². The number of likely N-dealkylation sites (tertiary alicyclic amines) is 1. The van der Waals surface area contributed by atoms with Crippen LogP contribution in [0.5, 0.6) is 0 Å². The highest BCUT2D eigenvalue weighted by Crippen LogP contribution is 2.60. The maximum absolute atomic E-state index is 12.5. The highest BCUT2D eigenvalue weighted by Gasteiger charge is 2.53. The Morgan fingerprint density at radius 1 is 1.15 bits per heavy atom. The average molecular weight is 461 g/mol. The van der Waals surface area contributed by atoms with Gasteiger partial charge in [0.1, 0.15) is 0 Å². The second-order valence-corrected chi connectivity index (χ2v) is 10.4. The van der Waals surface area contributed by atoms with Crippen molar-refractivity contribution in [2.24, 2.45) is 7.05 Å². The van der Waals surface area contributed by atoms with E-state index in [1.165, 1.54) is 22.3 Å². The fraction of sp³-hybridized carbons (Fsp3) is 0.407. The minimum absolute atomic E-state index is 0.0244. The summed E-state index contributed by atoms with van der Waals surface area (Å²) in [6, 6.07) is 15.7. The Bertz CT molecular complexity index is 1210. The van der Waals surface area contributed by atoms with Gasteiger partial charge in [0.05, 0.1) is 18.4 Å². The van der Waals surface area contributed by atoms with E-state index in [-0.39, 0.29) is 17.4 Å². The van der Waals surface area contributed by atoms with Crippen LogP contribution in [-0.4, -0.2) is 46.0 Å². The highest BCUT2D eigenvalue weighted by molar-refractivity contribution is 6.30. The summed E-state index contributed by atoms with van der Waals surface area (Å²) in [6.07, 6.45) is 7.10. The molecule has 1 aliphatic heterocycles. The van der Waals surface area contributed by atoms with E-state index in [2.05, 4.69) is 51.6 Å². The lowest BCUT2D eigenvalue weighted by molar-refractivity contribution is -0.121. The molecule has 1 saturated heterocycles. The van der Waals surface area contributed by atoms with Gasteiger partial charge in [-0.1, -0.05) is 41.9 Å². The summed E-state index contributed by atoms with van der Waals surface area (Å²) in [5.41, 5.74) is 6.69. The van der Waals surface area contributed by atoms with Crippen LogP contribution in [0, 0.1) is 0 Å². The molecule has 3 aromatic rings. The fourth-order valence-electron chi connectivity index (χ4n) is 6.44. The number of fused-ring (bicyclic) bond motifs is 8. The molecule has 170 valence electrons. The minimum Gasteiger partial charge on any atom is -0.353 e. The van der Waals surface area contributed by atoms with E-state index >= 15 is 0 Å². The number of piperidine rings is 1. The first-order valence-corrected chi connectivity index (χ1v) is 12.3. The van der Waals surface area contributed by atoms with Crippen LogP contribution in [0.1, 0.15) is 53.1 Å². The number of hydrogen-bond acceptors (Lipinski definition) is 3. The standard InChI is InChI=1S/C27H29ClN4O/c1-31-15-20(29-17-31)13-26(33)30-19-8-10-32(11-9-19)16-27-14-23(21-4-2-3-5-24(21)27)22-7-6-18(28)12-25(22)27/h2-7,12,15,17,19,23H,8-11,13-14,16H2,1H3,(H,30,33). The number of nitrogens with one attached hydrogen (secondary N) is 1. The molecule has 2 aromatic carbocycles. The second kappa shape index (κ2) is 8.00. The van der Waals surface area contributed by atoms with Crippen LogP contribution in [-0.2, 0) is 23.7 Å². The molecule has 2 bridgehead atoms. The van der Waals surface area contributed by atoms with Crippen molar-refractivity contribution in [1.29, 1.82) is 0 Å². The van der Waals surface area contributed by atoms with E-state index in [9.17, 15) is 4.79 Å². The number of imidazole rings is 1. The summed E-state index contributed by atoms with van der Waals surface area (Å²) in [4.78, 5) is 19.3. The summed E-state index contributed by atoms with van der Waals surface area (Å²) >= 11 is 6.46. The Balaban J connectivity index is 1.15. The molecule has 3 aliphatic rings. The molecular formula is C27H29ClN4O. The van der Waals surface area contributed by atoms with Crippen molar-refractivity contribution in [3.63, 3.8) is 0 Å². The van der Waals surface area contributed by atoms with E-state index in [0.717, 1.165) is 49.6 Å². The van der Waals surface area contributed by atoms with Gasteiger partial charge < -0.3 is 14.8 Å². The van der Waals surface area contributed by atoms with Gasteiger partial charge in [-0.25, -0.2) is 4.98 Å². The molecule has 1 amide bonds. The number of rotatable bonds is 5. The van der Waals surface area contributed by atoms with Crippen molar-refractivity contribution in [2.75, 3.05) is 19.6 Å². The average Bonchev–Trinajstić information content (AvgIpc) is 3.46. The van der Waals surface area contributed by atoms with E-state index < -0.39 is 0 Å². The molecule has 1 N–H and O–H groups in total. The molecule has 33 heavy (non-hydrogen) atoms. The predicted molar refractivity (Wildman–Crippen MR) is 130 cm³/mol. The van der Waals surface area contributed by atoms with E-state index in [4.69, 9.17) is 11.6 Å². The number of halogens is 1. The molecule has 1 aromatic heterocycles. The van der Waals surface area contributed by atoms with Crippen molar-refractivity contribution in [1.82, 2.24) is 19.8 Å². The Hall–Kier alpha value is -2.63. The van der Waals surface area contributed by atoms with Gasteiger partial charge in [0.15, 0.2) is 0 Å². The fourth-order valence-corrected chi connectivity index (χ4v) is 6.61. The lowest BCUT2D eigenvalue weighted by atomic mass is 9.74. The Labute approximate surface area is 199 Å². The van der Waals surface area contributed by atoms with Gasteiger partial charge in [0.25, 0.3) is 0 Å². The molecule has 0 radical (unpaired) electrons. The Kier molecular flexibility index (Phi) is 5.07. The molecule has 2 atom stereocenters. The Morgan fingerprint density at radius 2 is 1.94 bits per heavy atom. The van der Waals surface area contributed by atoms with Gasteiger partial charge in [0, 0.05) is 55.3 Å². The molecule has 0 saturated carbocycles. The molecule has 0 spiro atoms. The number of aryl methyl sites for hydroxylation is 1. The number of benzene rings is 2. The van der Waals surface area contributed by atoms with Crippen molar-refractivity contribution in [3.8, 4) is 0 Å². The lowest BCUT2D eigenvalue weighted by Crippen LogP contribution is -2.48. The molecule has 6 heteroatoms. The van der Waals surface area contributed by atoms with Crippen molar-refractivity contribution >= 4 is 17.5 Å². The van der Waals surface area contributed by atoms with Crippen LogP contribution < -0.4 is 5.32 Å². The normalized spacial score (nSPS) is 24.0. The van der Waals surface area contributed by atoms with Crippen molar-refractivity contribution in [2.45, 2.75) is 43.1 Å². The smallest absolute Gasteiger partial charge is 0.226 e. The number of aromatic nitrogens is 2. The van der Waals surface area contributed by atoms with Gasteiger partial charge in [0.2, 0.25) is 5.91 Å². The SMILES string of the molecule is Cn1cnc(CC(=O)NC2CCN(CC34CC(c5ccccc53)c3ccc(Cl)cc34)CC2)c1. The molecule has 2 heterocycles. The lowest BCUT2D eigenvalue weighted by Gasteiger charge is -2.40. The van der Waals surface area contributed by atoms with Crippen LogP contribution in [0.3, 0.4) is 0 Å². The van der Waals surface area contributed by atoms with E-state index in [1.54, 1.807) is 6.33 Å². The Morgan fingerprint density at radius 3 is 2.73 bits per heavy atom. The third kappa shape index (κ3) is 3.58. The van der Waals surface area contributed by atoms with E-state index in [0.29, 0.717) is 12.3 Å². The maximum atomic E-state index is 12.5. The number of hydrogen-bond donors (Lipinski definition) is 1. The van der Waals surface area contributed by atoms with Gasteiger partial charge in [-0.15, -0.1) is 0 Å². The number of nitrogens with zero attached hydrogens (tertiary/aromatic N) is 3. The number of carbonyl (C=O) groups is 1. The molecule has 2 unspecified atom stereocenters. The first-order chi connectivity index (χ1) is 16.0. The van der Waals surface area contributed by atoms with Crippen molar-refractivity contribution in [3.05, 3.63) is 88.0 Å². The topological polar surface area (TPSA) is 50.2 Å². The zero-order valence-electron chi connectivity index (χ0n) is 18.9. The summed E-state index contributed by atoms with van der Waals surface area (Å²) in [5.74, 6) is 0.551. The largest absolute Gasteiger partial charge is 0.353 e. The summed E-state index contributed by atoms with van der Waals surface area (Å²) in [5, 5.41) is 4.06. The predicted octanol–water partition coefficient (Wildman–Crippen LogP) is 4.03. The summed E-state index contributed by atoms with van der Waals surface area (Å²) in [7, 11) is 1.92. The molecular weight excluding hydrogens is 432 g/mol. The van der Waals surface area contributed by atoms with Gasteiger partial charge in [-0.3, -0.25) is 4.79 Å². The van der Waals surface area contributed by atoms with Gasteiger partial charge in [-0.2, -0.15) is 0 Å². The van der Waals surface area contributed by atoms with Crippen LogP contribution in [0.4, 0.5) is 0 Å². The zero-order valence-corrected chi connectivity index (χ0v) is 19.7.